The Morgan fingerprint density at radius 3 is 2.87 bits per heavy atom. The van der Waals surface area contributed by atoms with Gasteiger partial charge in [0.2, 0.25) is 0 Å². The number of ether oxygens (including phenoxy) is 1. The lowest BCUT2D eigenvalue weighted by molar-refractivity contribution is 0.0924. The third-order valence-electron chi connectivity index (χ3n) is 2.35. The lowest BCUT2D eigenvalue weighted by Gasteiger charge is -2.12. The molecule has 0 N–H and O–H groups in total. The quantitative estimate of drug-likeness (QED) is 0.781. The second kappa shape index (κ2) is 7.31. The summed E-state index contributed by atoms with van der Waals surface area (Å²) in [4.78, 5) is 0. The third-order valence-corrected chi connectivity index (χ3v) is 3.36. The highest BCUT2D eigenvalue weighted by molar-refractivity contribution is 9.10. The average Bonchev–Trinajstić information content (AvgIpc) is 2.25. The molecule has 1 rings (SSSR count). The van der Waals surface area contributed by atoms with Gasteiger partial charge in [0.15, 0.2) is 0 Å². The summed E-state index contributed by atoms with van der Waals surface area (Å²) in [6.07, 6.45) is 1.13. The van der Waals surface area contributed by atoms with E-state index in [-0.39, 0.29) is 0 Å². The van der Waals surface area contributed by atoms with E-state index in [0.29, 0.717) is 12.5 Å². The zero-order valence-corrected chi connectivity index (χ0v) is 11.4. The van der Waals surface area contributed by atoms with Crippen molar-refractivity contribution in [1.82, 2.24) is 0 Å². The molecule has 1 nitrogen and oxygen atoms in total. The van der Waals surface area contributed by atoms with E-state index in [4.69, 9.17) is 4.74 Å². The molecule has 0 fully saturated rings. The van der Waals surface area contributed by atoms with E-state index in [1.165, 1.54) is 5.56 Å². The standard InChI is InChI=1S/C12H17BrOS/c1-2-10(9-15)7-14-8-11-4-3-5-12(13)6-11/h3-6,10,15H,2,7-9H2,1H3. The number of hydrogen-bond donors (Lipinski definition) is 1. The van der Waals surface area contributed by atoms with E-state index in [1.54, 1.807) is 0 Å². The van der Waals surface area contributed by atoms with Crippen LogP contribution in [0.1, 0.15) is 18.9 Å². The molecule has 1 unspecified atom stereocenters. The van der Waals surface area contributed by atoms with Crippen LogP contribution >= 0.6 is 28.6 Å². The van der Waals surface area contributed by atoms with Gasteiger partial charge in [-0.3, -0.25) is 0 Å². The molecule has 0 saturated carbocycles. The SMILES string of the molecule is CCC(CS)COCc1cccc(Br)c1. The first-order valence-corrected chi connectivity index (χ1v) is 6.61. The van der Waals surface area contributed by atoms with Gasteiger partial charge < -0.3 is 4.74 Å². The maximum Gasteiger partial charge on any atom is 0.0717 e. The van der Waals surface area contributed by atoms with Crippen molar-refractivity contribution in [2.75, 3.05) is 12.4 Å². The monoisotopic (exact) mass is 288 g/mol. The molecule has 0 spiro atoms. The highest BCUT2D eigenvalue weighted by Gasteiger charge is 2.03. The van der Waals surface area contributed by atoms with Crippen LogP contribution in [0.2, 0.25) is 0 Å². The Labute approximate surface area is 106 Å². The van der Waals surface area contributed by atoms with Crippen LogP contribution in [0.25, 0.3) is 0 Å². The summed E-state index contributed by atoms with van der Waals surface area (Å²) in [6.45, 7) is 3.65. The molecule has 1 aromatic rings. The molecule has 0 bridgehead atoms. The zero-order valence-electron chi connectivity index (χ0n) is 8.95. The summed E-state index contributed by atoms with van der Waals surface area (Å²) >= 11 is 7.73. The Balaban J connectivity index is 2.31. The van der Waals surface area contributed by atoms with E-state index >= 15 is 0 Å². The molecule has 1 atom stereocenters. The molecule has 0 radical (unpaired) electrons. The van der Waals surface area contributed by atoms with E-state index in [2.05, 4.69) is 47.6 Å². The number of halogens is 1. The van der Waals surface area contributed by atoms with Gasteiger partial charge in [-0.1, -0.05) is 41.4 Å². The first-order valence-electron chi connectivity index (χ1n) is 5.19. The molecule has 84 valence electrons. The van der Waals surface area contributed by atoms with Crippen LogP contribution in [0, 0.1) is 5.92 Å². The van der Waals surface area contributed by atoms with Crippen molar-refractivity contribution >= 4 is 28.6 Å². The number of rotatable bonds is 6. The Morgan fingerprint density at radius 1 is 1.47 bits per heavy atom. The summed E-state index contributed by atoms with van der Waals surface area (Å²) in [5.74, 6) is 1.47. The number of benzene rings is 1. The largest absolute Gasteiger partial charge is 0.376 e. The molecule has 1 aromatic carbocycles. The first-order chi connectivity index (χ1) is 7.26. The summed E-state index contributed by atoms with van der Waals surface area (Å²) in [5, 5.41) is 0. The van der Waals surface area contributed by atoms with Gasteiger partial charge >= 0.3 is 0 Å². The molecular weight excluding hydrogens is 272 g/mol. The van der Waals surface area contributed by atoms with Crippen molar-refractivity contribution in [3.05, 3.63) is 34.3 Å². The maximum atomic E-state index is 5.65. The van der Waals surface area contributed by atoms with Crippen molar-refractivity contribution < 1.29 is 4.74 Å². The molecular formula is C12H17BrOS. The van der Waals surface area contributed by atoms with Crippen molar-refractivity contribution in [1.29, 1.82) is 0 Å². The predicted molar refractivity (Wildman–Crippen MR) is 71.4 cm³/mol. The summed E-state index contributed by atoms with van der Waals surface area (Å²) in [7, 11) is 0. The highest BCUT2D eigenvalue weighted by atomic mass is 79.9. The average molecular weight is 289 g/mol. The molecule has 0 aromatic heterocycles. The van der Waals surface area contributed by atoms with E-state index in [1.807, 2.05) is 12.1 Å². The Kier molecular flexibility index (Phi) is 6.37. The number of thiol groups is 1. The van der Waals surface area contributed by atoms with Crippen LogP contribution in [0.15, 0.2) is 28.7 Å². The fourth-order valence-corrected chi connectivity index (χ4v) is 2.08. The van der Waals surface area contributed by atoms with Gasteiger partial charge in [0.05, 0.1) is 13.2 Å². The second-order valence-electron chi connectivity index (χ2n) is 3.60. The van der Waals surface area contributed by atoms with Gasteiger partial charge in [-0.15, -0.1) is 0 Å². The van der Waals surface area contributed by atoms with Gasteiger partial charge in [-0.25, -0.2) is 0 Å². The molecule has 15 heavy (non-hydrogen) atoms. The summed E-state index contributed by atoms with van der Waals surface area (Å²) in [6, 6.07) is 8.21. The summed E-state index contributed by atoms with van der Waals surface area (Å²) < 4.78 is 6.75. The van der Waals surface area contributed by atoms with Crippen LogP contribution in [0.3, 0.4) is 0 Å². The van der Waals surface area contributed by atoms with E-state index < -0.39 is 0 Å². The molecule has 0 aliphatic carbocycles. The fourth-order valence-electron chi connectivity index (χ4n) is 1.27. The molecule has 0 saturated heterocycles. The van der Waals surface area contributed by atoms with Gasteiger partial charge in [0, 0.05) is 4.47 Å². The minimum absolute atomic E-state index is 0.570. The van der Waals surface area contributed by atoms with Crippen molar-refractivity contribution in [3.8, 4) is 0 Å². The Hall–Kier alpha value is 0.01000. The van der Waals surface area contributed by atoms with Crippen molar-refractivity contribution in [2.24, 2.45) is 5.92 Å². The van der Waals surface area contributed by atoms with Crippen LogP contribution < -0.4 is 0 Å². The van der Waals surface area contributed by atoms with E-state index in [9.17, 15) is 0 Å². The highest BCUT2D eigenvalue weighted by Crippen LogP contribution is 2.13. The smallest absolute Gasteiger partial charge is 0.0717 e. The normalized spacial score (nSPS) is 12.7. The maximum absolute atomic E-state index is 5.65. The van der Waals surface area contributed by atoms with Crippen LogP contribution in [-0.2, 0) is 11.3 Å². The van der Waals surface area contributed by atoms with Crippen molar-refractivity contribution in [3.63, 3.8) is 0 Å². The van der Waals surface area contributed by atoms with Gasteiger partial charge in [-0.2, -0.15) is 12.6 Å². The van der Waals surface area contributed by atoms with Gasteiger partial charge in [-0.05, 0) is 29.4 Å². The summed E-state index contributed by atoms with van der Waals surface area (Å²) in [5.41, 5.74) is 1.21. The topological polar surface area (TPSA) is 9.23 Å². The zero-order chi connectivity index (χ0) is 11.1. The van der Waals surface area contributed by atoms with Gasteiger partial charge in [0.25, 0.3) is 0 Å². The lowest BCUT2D eigenvalue weighted by atomic mass is 10.1. The first kappa shape index (κ1) is 13.1. The minimum atomic E-state index is 0.570. The molecule has 0 aliphatic rings. The van der Waals surface area contributed by atoms with Crippen LogP contribution in [0.5, 0.6) is 0 Å². The Morgan fingerprint density at radius 2 is 2.27 bits per heavy atom. The van der Waals surface area contributed by atoms with Crippen LogP contribution in [-0.4, -0.2) is 12.4 Å². The molecule has 3 heteroatoms. The Bertz CT molecular complexity index is 287. The lowest BCUT2D eigenvalue weighted by Crippen LogP contribution is -2.10. The molecule has 0 aliphatic heterocycles. The van der Waals surface area contributed by atoms with Crippen molar-refractivity contribution in [2.45, 2.75) is 20.0 Å². The number of hydrogen-bond acceptors (Lipinski definition) is 2. The van der Waals surface area contributed by atoms with E-state index in [0.717, 1.165) is 23.3 Å². The van der Waals surface area contributed by atoms with Gasteiger partial charge in [0.1, 0.15) is 0 Å². The van der Waals surface area contributed by atoms with Crippen LogP contribution in [0.4, 0.5) is 0 Å². The fraction of sp³-hybridized carbons (Fsp3) is 0.500. The molecule has 0 heterocycles. The predicted octanol–water partition coefficient (Wildman–Crippen LogP) is 3.92. The second-order valence-corrected chi connectivity index (χ2v) is 4.88. The molecule has 0 amide bonds. The minimum Gasteiger partial charge on any atom is -0.376 e. The third kappa shape index (κ3) is 5.05.